The summed E-state index contributed by atoms with van der Waals surface area (Å²) in [6.07, 6.45) is 4.64. The van der Waals surface area contributed by atoms with Crippen LogP contribution in [0.25, 0.3) is 10.8 Å². The van der Waals surface area contributed by atoms with Crippen LogP contribution in [-0.2, 0) is 0 Å². The van der Waals surface area contributed by atoms with Crippen molar-refractivity contribution in [3.8, 4) is 0 Å². The van der Waals surface area contributed by atoms with Gasteiger partial charge in [0.05, 0.1) is 15.9 Å². The topological polar surface area (TPSA) is 88.3 Å². The predicted octanol–water partition coefficient (Wildman–Crippen LogP) is 2.81. The number of nitrogens with zero attached hydrogens (tertiary/aromatic N) is 2. The lowest BCUT2D eigenvalue weighted by atomic mass is 9.96. The number of aliphatic hydroxyl groups is 1. The van der Waals surface area contributed by atoms with Crippen LogP contribution in [0.3, 0.4) is 0 Å². The van der Waals surface area contributed by atoms with Crippen molar-refractivity contribution in [3.63, 3.8) is 0 Å². The van der Waals surface area contributed by atoms with E-state index < -0.39 is 10.5 Å². The number of fused-ring (bicyclic) bond motifs is 1. The van der Waals surface area contributed by atoms with Gasteiger partial charge in [-0.25, -0.2) is 0 Å². The maximum atomic E-state index is 11.1. The van der Waals surface area contributed by atoms with Gasteiger partial charge < -0.3 is 10.4 Å². The Bertz CT molecular complexity index is 701. The number of benzene rings is 1. The van der Waals surface area contributed by atoms with Gasteiger partial charge in [0.1, 0.15) is 0 Å². The minimum Gasteiger partial charge on any atom is -0.388 e. The number of pyridine rings is 1. The number of nitrogens with one attached hydrogen (secondary N) is 1. The first-order valence-electron chi connectivity index (χ1n) is 7.14. The Morgan fingerprint density at radius 1 is 1.32 bits per heavy atom. The molecule has 0 amide bonds. The zero-order valence-electron chi connectivity index (χ0n) is 12.0. The summed E-state index contributed by atoms with van der Waals surface area (Å²) in [4.78, 5) is 14.7. The van der Waals surface area contributed by atoms with Gasteiger partial charge in [-0.1, -0.05) is 0 Å². The Balaban J connectivity index is 1.88. The van der Waals surface area contributed by atoms with Crippen LogP contribution >= 0.6 is 11.8 Å². The molecule has 0 atom stereocenters. The van der Waals surface area contributed by atoms with Crippen molar-refractivity contribution in [2.45, 2.75) is 18.4 Å². The van der Waals surface area contributed by atoms with E-state index in [1.54, 1.807) is 18.3 Å². The van der Waals surface area contributed by atoms with Crippen molar-refractivity contribution in [1.29, 1.82) is 0 Å². The molecule has 1 fully saturated rings. The summed E-state index contributed by atoms with van der Waals surface area (Å²) in [6, 6.07) is 4.93. The number of aromatic nitrogens is 1. The van der Waals surface area contributed by atoms with E-state index in [1.165, 1.54) is 12.3 Å². The average molecular weight is 319 g/mol. The fraction of sp³-hybridized carbons (Fsp3) is 0.400. The van der Waals surface area contributed by atoms with Gasteiger partial charge in [0, 0.05) is 36.1 Å². The number of hydrogen-bond donors (Lipinski definition) is 2. The number of hydrogen-bond acceptors (Lipinski definition) is 6. The molecule has 1 aliphatic heterocycles. The molecule has 0 unspecified atom stereocenters. The second-order valence-corrected chi connectivity index (χ2v) is 6.73. The van der Waals surface area contributed by atoms with Crippen LogP contribution < -0.4 is 5.32 Å². The van der Waals surface area contributed by atoms with Gasteiger partial charge in [-0.15, -0.1) is 0 Å². The third-order valence-corrected chi connectivity index (χ3v) is 5.01. The molecule has 22 heavy (non-hydrogen) atoms. The molecule has 0 saturated carbocycles. The van der Waals surface area contributed by atoms with Crippen LogP contribution in [0.2, 0.25) is 0 Å². The maximum absolute atomic E-state index is 11.1. The molecule has 3 rings (SSSR count). The van der Waals surface area contributed by atoms with Gasteiger partial charge in [-0.05, 0) is 36.5 Å². The number of non-ortho nitro benzene ring substituents is 1. The molecule has 116 valence electrons. The third-order valence-electron chi connectivity index (χ3n) is 4.02. The van der Waals surface area contributed by atoms with Crippen molar-refractivity contribution in [2.24, 2.45) is 0 Å². The molecule has 1 aliphatic rings. The Hall–Kier alpha value is -1.86. The van der Waals surface area contributed by atoms with E-state index in [0.29, 0.717) is 11.9 Å². The Kier molecular flexibility index (Phi) is 4.17. The van der Waals surface area contributed by atoms with Crippen LogP contribution in [0.15, 0.2) is 30.6 Å². The van der Waals surface area contributed by atoms with E-state index in [-0.39, 0.29) is 5.69 Å². The first-order chi connectivity index (χ1) is 10.6. The molecule has 0 bridgehead atoms. The highest BCUT2D eigenvalue weighted by Crippen LogP contribution is 2.32. The van der Waals surface area contributed by atoms with Crippen LogP contribution in [0.5, 0.6) is 0 Å². The first kappa shape index (κ1) is 15.1. The molecule has 1 aromatic carbocycles. The van der Waals surface area contributed by atoms with Gasteiger partial charge >= 0.3 is 0 Å². The van der Waals surface area contributed by atoms with Gasteiger partial charge in [0.25, 0.3) is 5.69 Å². The molecule has 6 nitrogen and oxygen atoms in total. The van der Waals surface area contributed by atoms with E-state index in [0.717, 1.165) is 35.4 Å². The molecule has 2 heterocycles. The second kappa shape index (κ2) is 6.10. The largest absolute Gasteiger partial charge is 0.388 e. The lowest BCUT2D eigenvalue weighted by molar-refractivity contribution is -0.383. The normalized spacial score (nSPS) is 17.3. The molecular weight excluding hydrogens is 302 g/mol. The lowest BCUT2D eigenvalue weighted by Crippen LogP contribution is -2.40. The van der Waals surface area contributed by atoms with E-state index >= 15 is 0 Å². The van der Waals surface area contributed by atoms with Gasteiger partial charge in [0.2, 0.25) is 0 Å². The molecule has 1 saturated heterocycles. The van der Waals surface area contributed by atoms with Crippen LogP contribution in [0, 0.1) is 10.1 Å². The summed E-state index contributed by atoms with van der Waals surface area (Å²) in [6.45, 7) is 0.447. The highest BCUT2D eigenvalue weighted by Gasteiger charge is 2.29. The summed E-state index contributed by atoms with van der Waals surface area (Å²) in [5, 5.41) is 26.2. The third kappa shape index (κ3) is 3.00. The quantitative estimate of drug-likeness (QED) is 0.665. The van der Waals surface area contributed by atoms with E-state index in [2.05, 4.69) is 10.3 Å². The number of nitro groups is 1. The van der Waals surface area contributed by atoms with E-state index in [1.807, 2.05) is 11.8 Å². The Morgan fingerprint density at radius 3 is 2.82 bits per heavy atom. The summed E-state index contributed by atoms with van der Waals surface area (Å²) in [5.74, 6) is 1.92. The van der Waals surface area contributed by atoms with Gasteiger partial charge in [-0.2, -0.15) is 11.8 Å². The number of anilines is 1. The highest BCUT2D eigenvalue weighted by atomic mass is 32.2. The predicted molar refractivity (Wildman–Crippen MR) is 88.4 cm³/mol. The SMILES string of the molecule is O=[N+]([O-])c1ccc(NCC2(O)CCSCC2)c2ccncc12. The van der Waals surface area contributed by atoms with Gasteiger partial charge in [0.15, 0.2) is 0 Å². The standard InChI is InChI=1S/C15H17N3O3S/c19-15(4-7-22-8-5-15)10-17-13-1-2-14(18(20)21)12-9-16-6-3-11(12)13/h1-3,6,9,17,19H,4-5,7-8,10H2. The minimum absolute atomic E-state index is 0.0430. The summed E-state index contributed by atoms with van der Waals surface area (Å²) >= 11 is 1.86. The Morgan fingerprint density at radius 2 is 2.09 bits per heavy atom. The van der Waals surface area contributed by atoms with Crippen molar-refractivity contribution in [3.05, 3.63) is 40.7 Å². The van der Waals surface area contributed by atoms with Crippen LogP contribution in [0.1, 0.15) is 12.8 Å². The lowest BCUT2D eigenvalue weighted by Gasteiger charge is -2.32. The molecular formula is C15H17N3O3S. The van der Waals surface area contributed by atoms with E-state index in [4.69, 9.17) is 0 Å². The zero-order valence-corrected chi connectivity index (χ0v) is 12.8. The molecule has 0 radical (unpaired) electrons. The maximum Gasteiger partial charge on any atom is 0.278 e. The Labute approximate surface area is 132 Å². The first-order valence-corrected chi connectivity index (χ1v) is 8.30. The molecule has 1 aromatic heterocycles. The molecule has 0 aliphatic carbocycles. The number of nitro benzene ring substituents is 1. The number of rotatable bonds is 4. The zero-order chi connectivity index (χ0) is 15.6. The second-order valence-electron chi connectivity index (χ2n) is 5.50. The molecule has 7 heteroatoms. The average Bonchev–Trinajstić information content (AvgIpc) is 2.53. The fourth-order valence-electron chi connectivity index (χ4n) is 2.68. The molecule has 0 spiro atoms. The van der Waals surface area contributed by atoms with Crippen molar-refractivity contribution >= 4 is 33.9 Å². The van der Waals surface area contributed by atoms with Crippen LogP contribution in [0.4, 0.5) is 11.4 Å². The summed E-state index contributed by atoms with van der Waals surface area (Å²) < 4.78 is 0. The molecule has 2 N–H and O–H groups in total. The molecule has 2 aromatic rings. The fourth-order valence-corrected chi connectivity index (χ4v) is 3.93. The minimum atomic E-state index is -0.702. The van der Waals surface area contributed by atoms with Crippen molar-refractivity contribution in [2.75, 3.05) is 23.4 Å². The number of thioether (sulfide) groups is 1. The van der Waals surface area contributed by atoms with Crippen LogP contribution in [-0.4, -0.2) is 38.7 Å². The highest BCUT2D eigenvalue weighted by molar-refractivity contribution is 7.99. The van der Waals surface area contributed by atoms with Crippen molar-refractivity contribution < 1.29 is 10.0 Å². The van der Waals surface area contributed by atoms with Gasteiger partial charge in [-0.3, -0.25) is 15.1 Å². The van der Waals surface area contributed by atoms with Crippen molar-refractivity contribution in [1.82, 2.24) is 4.98 Å². The van der Waals surface area contributed by atoms with E-state index in [9.17, 15) is 15.2 Å². The summed E-state index contributed by atoms with van der Waals surface area (Å²) in [5.41, 5.74) is 0.128. The smallest absolute Gasteiger partial charge is 0.278 e. The monoisotopic (exact) mass is 319 g/mol. The summed E-state index contributed by atoms with van der Waals surface area (Å²) in [7, 11) is 0.